The lowest BCUT2D eigenvalue weighted by Crippen LogP contribution is -2.28. The van der Waals surface area contributed by atoms with Crippen molar-refractivity contribution in [2.45, 2.75) is 13.8 Å². The fourth-order valence-corrected chi connectivity index (χ4v) is 1.65. The zero-order chi connectivity index (χ0) is 11.8. The number of nitrogens with zero attached hydrogens (tertiary/aromatic N) is 1. The van der Waals surface area contributed by atoms with E-state index in [0.29, 0.717) is 0 Å². The number of anilines is 1. The molecule has 1 aromatic rings. The molecule has 0 aromatic heterocycles. The van der Waals surface area contributed by atoms with Gasteiger partial charge in [0.05, 0.1) is 0 Å². The zero-order valence-corrected chi connectivity index (χ0v) is 10.1. The highest BCUT2D eigenvalue weighted by atomic mass is 16.1. The predicted molar refractivity (Wildman–Crippen MR) is 68.1 cm³/mol. The van der Waals surface area contributed by atoms with Gasteiger partial charge < -0.3 is 10.2 Å². The first-order chi connectivity index (χ1) is 7.81. The minimum absolute atomic E-state index is 0.724. The minimum Gasteiger partial charge on any atom is -0.383 e. The molecule has 3 heteroatoms. The van der Waals surface area contributed by atoms with Crippen molar-refractivity contribution in [3.8, 4) is 0 Å². The molecule has 1 N–H and O–H groups in total. The molecule has 0 atom stereocenters. The normalized spacial score (nSPS) is 10.4. The van der Waals surface area contributed by atoms with Crippen LogP contribution < -0.4 is 5.32 Å². The monoisotopic (exact) mass is 220 g/mol. The summed E-state index contributed by atoms with van der Waals surface area (Å²) in [6.45, 7) is 8.31. The van der Waals surface area contributed by atoms with Gasteiger partial charge in [0.2, 0.25) is 0 Å². The molecule has 1 rings (SSSR count). The smallest absolute Gasteiger partial charge is 0.152 e. The van der Waals surface area contributed by atoms with Gasteiger partial charge in [-0.2, -0.15) is 0 Å². The molecule has 0 amide bonds. The van der Waals surface area contributed by atoms with Crippen LogP contribution in [0.3, 0.4) is 0 Å². The topological polar surface area (TPSA) is 32.3 Å². The van der Waals surface area contributed by atoms with Gasteiger partial charge in [-0.05, 0) is 25.2 Å². The molecule has 0 bridgehead atoms. The number of hydrogen-bond acceptors (Lipinski definition) is 3. The van der Waals surface area contributed by atoms with Crippen LogP contribution in [0.5, 0.6) is 0 Å². The Bertz CT molecular complexity index is 321. The number of aldehydes is 1. The molecule has 0 spiro atoms. The maximum Gasteiger partial charge on any atom is 0.152 e. The summed E-state index contributed by atoms with van der Waals surface area (Å²) in [5.41, 5.74) is 1.65. The largest absolute Gasteiger partial charge is 0.383 e. The minimum atomic E-state index is 0.724. The second-order valence-electron chi connectivity index (χ2n) is 3.66. The Balaban J connectivity index is 2.45. The van der Waals surface area contributed by atoms with E-state index in [4.69, 9.17) is 0 Å². The molecule has 0 fully saturated rings. The van der Waals surface area contributed by atoms with Crippen molar-refractivity contribution in [2.24, 2.45) is 0 Å². The van der Waals surface area contributed by atoms with Crippen molar-refractivity contribution in [2.75, 3.05) is 31.5 Å². The van der Waals surface area contributed by atoms with Crippen molar-refractivity contribution in [3.05, 3.63) is 29.8 Å². The molecule has 0 radical (unpaired) electrons. The molecule has 0 aliphatic rings. The summed E-state index contributed by atoms with van der Waals surface area (Å²) >= 11 is 0. The number of carbonyl (C=O) groups is 1. The summed E-state index contributed by atoms with van der Waals surface area (Å²) in [6.07, 6.45) is 0.889. The maximum absolute atomic E-state index is 10.8. The highest BCUT2D eigenvalue weighted by Gasteiger charge is 2.01. The van der Waals surface area contributed by atoms with Gasteiger partial charge in [0.25, 0.3) is 0 Å². The lowest BCUT2D eigenvalue weighted by Gasteiger charge is -2.18. The van der Waals surface area contributed by atoms with E-state index in [2.05, 4.69) is 24.1 Å². The second kappa shape index (κ2) is 7.01. The number of para-hydroxylation sites is 1. The van der Waals surface area contributed by atoms with Gasteiger partial charge in [-0.25, -0.2) is 0 Å². The molecule has 3 nitrogen and oxygen atoms in total. The number of benzene rings is 1. The number of hydrogen-bond donors (Lipinski definition) is 1. The molecular weight excluding hydrogens is 200 g/mol. The van der Waals surface area contributed by atoms with Crippen LogP contribution in [0.15, 0.2) is 24.3 Å². The maximum atomic E-state index is 10.8. The van der Waals surface area contributed by atoms with Crippen LogP contribution in [0.2, 0.25) is 0 Å². The van der Waals surface area contributed by atoms with Crippen molar-refractivity contribution in [3.63, 3.8) is 0 Å². The summed E-state index contributed by atoms with van der Waals surface area (Å²) in [6, 6.07) is 7.57. The van der Waals surface area contributed by atoms with Crippen LogP contribution in [0.25, 0.3) is 0 Å². The van der Waals surface area contributed by atoms with E-state index >= 15 is 0 Å². The molecule has 16 heavy (non-hydrogen) atoms. The number of carbonyl (C=O) groups excluding carboxylic acids is 1. The molecule has 0 heterocycles. The SMILES string of the molecule is CCN(CC)CCNc1ccccc1C=O. The molecule has 0 aliphatic heterocycles. The quantitative estimate of drug-likeness (QED) is 0.715. The van der Waals surface area contributed by atoms with Crippen molar-refractivity contribution < 1.29 is 4.79 Å². The average Bonchev–Trinajstić information content (AvgIpc) is 2.35. The third-order valence-corrected chi connectivity index (χ3v) is 2.73. The summed E-state index contributed by atoms with van der Waals surface area (Å²) < 4.78 is 0. The zero-order valence-electron chi connectivity index (χ0n) is 10.1. The molecular formula is C13H20N2O. The van der Waals surface area contributed by atoms with E-state index in [1.165, 1.54) is 0 Å². The van der Waals surface area contributed by atoms with E-state index < -0.39 is 0 Å². The van der Waals surface area contributed by atoms with Gasteiger partial charge in [0.1, 0.15) is 0 Å². The van der Waals surface area contributed by atoms with Gasteiger partial charge in [0.15, 0.2) is 6.29 Å². The summed E-state index contributed by atoms with van der Waals surface area (Å²) in [5, 5.41) is 3.29. The summed E-state index contributed by atoms with van der Waals surface area (Å²) in [5.74, 6) is 0. The fraction of sp³-hybridized carbons (Fsp3) is 0.462. The highest BCUT2D eigenvalue weighted by molar-refractivity contribution is 5.83. The molecule has 1 aromatic carbocycles. The lowest BCUT2D eigenvalue weighted by atomic mass is 10.2. The van der Waals surface area contributed by atoms with Gasteiger partial charge in [-0.1, -0.05) is 26.0 Å². The van der Waals surface area contributed by atoms with Crippen LogP contribution in [0, 0.1) is 0 Å². The Morgan fingerprint density at radius 2 is 1.94 bits per heavy atom. The third kappa shape index (κ3) is 3.66. The Labute approximate surface area is 97.5 Å². The Morgan fingerprint density at radius 3 is 2.56 bits per heavy atom. The summed E-state index contributed by atoms with van der Waals surface area (Å²) in [4.78, 5) is 13.1. The molecule has 0 unspecified atom stereocenters. The molecule has 0 saturated carbocycles. The van der Waals surface area contributed by atoms with E-state index in [9.17, 15) is 4.79 Å². The van der Waals surface area contributed by atoms with E-state index in [1.807, 2.05) is 24.3 Å². The van der Waals surface area contributed by atoms with Gasteiger partial charge in [-0.15, -0.1) is 0 Å². The van der Waals surface area contributed by atoms with Gasteiger partial charge in [0, 0.05) is 24.3 Å². The lowest BCUT2D eigenvalue weighted by molar-refractivity contribution is 0.112. The highest BCUT2D eigenvalue weighted by Crippen LogP contribution is 2.11. The Morgan fingerprint density at radius 1 is 1.25 bits per heavy atom. The predicted octanol–water partition coefficient (Wildman–Crippen LogP) is 2.25. The first-order valence-electron chi connectivity index (χ1n) is 5.82. The van der Waals surface area contributed by atoms with Crippen LogP contribution in [0.1, 0.15) is 24.2 Å². The Kier molecular flexibility index (Phi) is 5.57. The first kappa shape index (κ1) is 12.7. The number of nitrogens with one attached hydrogen (secondary N) is 1. The van der Waals surface area contributed by atoms with Crippen molar-refractivity contribution in [1.82, 2.24) is 4.90 Å². The van der Waals surface area contributed by atoms with E-state index in [-0.39, 0.29) is 0 Å². The van der Waals surface area contributed by atoms with Crippen LogP contribution in [-0.4, -0.2) is 37.4 Å². The summed E-state index contributed by atoms with van der Waals surface area (Å²) in [7, 11) is 0. The van der Waals surface area contributed by atoms with Crippen LogP contribution >= 0.6 is 0 Å². The Hall–Kier alpha value is -1.35. The van der Waals surface area contributed by atoms with Crippen LogP contribution in [0.4, 0.5) is 5.69 Å². The fourth-order valence-electron chi connectivity index (χ4n) is 1.65. The molecule has 0 saturated heterocycles. The standard InChI is InChI=1S/C13H20N2O/c1-3-15(4-2)10-9-14-13-8-6-5-7-12(13)11-16/h5-8,11,14H,3-4,9-10H2,1-2H3. The second-order valence-corrected chi connectivity index (χ2v) is 3.66. The molecule has 88 valence electrons. The van der Waals surface area contributed by atoms with Crippen LogP contribution in [-0.2, 0) is 0 Å². The van der Waals surface area contributed by atoms with Gasteiger partial charge >= 0.3 is 0 Å². The van der Waals surface area contributed by atoms with E-state index in [1.54, 1.807) is 0 Å². The van der Waals surface area contributed by atoms with Crippen molar-refractivity contribution in [1.29, 1.82) is 0 Å². The van der Waals surface area contributed by atoms with Crippen molar-refractivity contribution >= 4 is 12.0 Å². The number of likely N-dealkylation sites (N-methyl/N-ethyl adjacent to an activating group) is 1. The number of rotatable bonds is 7. The first-order valence-corrected chi connectivity index (χ1v) is 5.82. The third-order valence-electron chi connectivity index (χ3n) is 2.73. The van der Waals surface area contributed by atoms with E-state index in [0.717, 1.165) is 43.7 Å². The molecule has 0 aliphatic carbocycles. The average molecular weight is 220 g/mol. The van der Waals surface area contributed by atoms with Gasteiger partial charge in [-0.3, -0.25) is 4.79 Å².